The van der Waals surface area contributed by atoms with Crippen molar-refractivity contribution in [3.8, 4) is 0 Å². The third-order valence-corrected chi connectivity index (χ3v) is 6.95. The first kappa shape index (κ1) is 25.3. The van der Waals surface area contributed by atoms with Crippen LogP contribution in [0.3, 0.4) is 0 Å². The van der Waals surface area contributed by atoms with E-state index in [0.29, 0.717) is 35.0 Å². The topological polar surface area (TPSA) is 75.3 Å². The molecular weight excluding hydrogens is 459 g/mol. The molecule has 2 N–H and O–H groups in total. The van der Waals surface area contributed by atoms with Crippen LogP contribution in [-0.2, 0) is 16.0 Å². The first-order valence-corrected chi connectivity index (χ1v) is 12.1. The minimum Gasteiger partial charge on any atom is -0.353 e. The quantitative estimate of drug-likeness (QED) is 0.439. The van der Waals surface area contributed by atoms with Gasteiger partial charge < -0.3 is 15.4 Å². The van der Waals surface area contributed by atoms with Gasteiger partial charge >= 0.3 is 0 Å². The molecule has 0 bridgehead atoms. The van der Waals surface area contributed by atoms with Crippen molar-refractivity contribution in [3.63, 3.8) is 0 Å². The number of amides is 2. The number of anilines is 1. The molecule has 0 aliphatic heterocycles. The molecule has 1 aliphatic rings. The summed E-state index contributed by atoms with van der Waals surface area (Å²) < 4.78 is 0. The van der Waals surface area contributed by atoms with Crippen molar-refractivity contribution in [2.45, 2.75) is 64.8 Å². The summed E-state index contributed by atoms with van der Waals surface area (Å²) in [5.74, 6) is -0.174. The molecule has 0 spiro atoms. The molecule has 2 aromatic carbocycles. The minimum absolute atomic E-state index is 0.0466. The molecule has 176 valence electrons. The number of ketones is 1. The van der Waals surface area contributed by atoms with E-state index < -0.39 is 5.41 Å². The van der Waals surface area contributed by atoms with Gasteiger partial charge in [0.2, 0.25) is 5.91 Å². The molecule has 0 radical (unpaired) electrons. The molecule has 7 heteroatoms. The van der Waals surface area contributed by atoms with Crippen LogP contribution >= 0.6 is 23.2 Å². The molecule has 1 aliphatic carbocycles. The fraction of sp³-hybridized carbons (Fsp3) is 0.423. The summed E-state index contributed by atoms with van der Waals surface area (Å²) in [7, 11) is 0. The molecule has 33 heavy (non-hydrogen) atoms. The maximum Gasteiger partial charge on any atom is 0.258 e. The maximum atomic E-state index is 13.1. The van der Waals surface area contributed by atoms with Crippen LogP contribution in [0.15, 0.2) is 42.5 Å². The van der Waals surface area contributed by atoms with E-state index in [2.05, 4.69) is 10.6 Å². The van der Waals surface area contributed by atoms with E-state index >= 15 is 0 Å². The SMILES string of the molecule is CC(=O)CCC1(C(=O)NC(C)Cc2ccc(NC(=O)c3c(Cl)cccc3Cl)cc2)CCCC1. The molecule has 1 unspecified atom stereocenters. The summed E-state index contributed by atoms with van der Waals surface area (Å²) in [6.45, 7) is 3.57. The van der Waals surface area contributed by atoms with Crippen molar-refractivity contribution < 1.29 is 14.4 Å². The Labute approximate surface area is 205 Å². The predicted molar refractivity (Wildman–Crippen MR) is 133 cm³/mol. The van der Waals surface area contributed by atoms with Crippen molar-refractivity contribution in [2.75, 3.05) is 5.32 Å². The number of rotatable bonds is 9. The largest absolute Gasteiger partial charge is 0.353 e. The molecule has 0 aromatic heterocycles. The Bertz CT molecular complexity index is 994. The van der Waals surface area contributed by atoms with E-state index in [1.807, 2.05) is 31.2 Å². The van der Waals surface area contributed by atoms with Crippen molar-refractivity contribution in [3.05, 3.63) is 63.6 Å². The first-order valence-electron chi connectivity index (χ1n) is 11.3. The van der Waals surface area contributed by atoms with Crippen LogP contribution < -0.4 is 10.6 Å². The van der Waals surface area contributed by atoms with Crippen LogP contribution in [0.2, 0.25) is 10.0 Å². The third-order valence-electron chi connectivity index (χ3n) is 6.32. The van der Waals surface area contributed by atoms with E-state index in [-0.39, 0.29) is 29.2 Å². The minimum atomic E-state index is -0.409. The molecule has 2 amide bonds. The Morgan fingerprint density at radius 2 is 1.61 bits per heavy atom. The Balaban J connectivity index is 1.57. The highest BCUT2D eigenvalue weighted by atomic mass is 35.5. The van der Waals surface area contributed by atoms with Gasteiger partial charge in [0.05, 0.1) is 15.6 Å². The van der Waals surface area contributed by atoms with Gasteiger partial charge in [-0.05, 0) is 69.4 Å². The van der Waals surface area contributed by atoms with Crippen LogP contribution in [0.1, 0.15) is 68.3 Å². The number of benzene rings is 2. The lowest BCUT2D eigenvalue weighted by Gasteiger charge is -2.29. The van der Waals surface area contributed by atoms with Gasteiger partial charge in [-0.1, -0.05) is 54.2 Å². The molecule has 1 fully saturated rings. The molecular formula is C26H30Cl2N2O3. The second-order valence-corrected chi connectivity index (χ2v) is 9.83. The lowest BCUT2D eigenvalue weighted by atomic mass is 9.79. The Morgan fingerprint density at radius 1 is 1.00 bits per heavy atom. The highest BCUT2D eigenvalue weighted by molar-refractivity contribution is 6.40. The van der Waals surface area contributed by atoms with Gasteiger partial charge in [-0.2, -0.15) is 0 Å². The molecule has 0 heterocycles. The Hall–Kier alpha value is -2.37. The summed E-state index contributed by atoms with van der Waals surface area (Å²) in [6.07, 6.45) is 5.52. The van der Waals surface area contributed by atoms with Crippen molar-refractivity contribution in [2.24, 2.45) is 5.41 Å². The number of nitrogens with one attached hydrogen (secondary N) is 2. The van der Waals surface area contributed by atoms with Gasteiger partial charge in [0.1, 0.15) is 5.78 Å². The zero-order valence-corrected chi connectivity index (χ0v) is 20.6. The average Bonchev–Trinajstić information content (AvgIpc) is 3.24. The molecule has 2 aromatic rings. The number of halogens is 2. The monoisotopic (exact) mass is 488 g/mol. The van der Waals surface area contributed by atoms with Crippen LogP contribution in [0.4, 0.5) is 5.69 Å². The fourth-order valence-corrected chi connectivity index (χ4v) is 5.04. The van der Waals surface area contributed by atoms with E-state index in [1.165, 1.54) is 0 Å². The molecule has 5 nitrogen and oxygen atoms in total. The number of hydrogen-bond acceptors (Lipinski definition) is 3. The summed E-state index contributed by atoms with van der Waals surface area (Å²) in [5.41, 5.74) is 1.51. The number of Topliss-reactive ketones (excluding diaryl/α,β-unsaturated/α-hetero) is 1. The van der Waals surface area contributed by atoms with Gasteiger partial charge in [-0.3, -0.25) is 9.59 Å². The van der Waals surface area contributed by atoms with Crippen molar-refractivity contribution in [1.29, 1.82) is 0 Å². The van der Waals surface area contributed by atoms with E-state index in [1.54, 1.807) is 25.1 Å². The molecule has 1 saturated carbocycles. The van der Waals surface area contributed by atoms with Gasteiger partial charge in [-0.25, -0.2) is 0 Å². The van der Waals surface area contributed by atoms with E-state index in [9.17, 15) is 14.4 Å². The zero-order chi connectivity index (χ0) is 24.0. The second kappa shape index (κ2) is 11.2. The van der Waals surface area contributed by atoms with Gasteiger partial charge in [0.25, 0.3) is 5.91 Å². The number of carbonyl (C=O) groups excluding carboxylic acids is 3. The van der Waals surface area contributed by atoms with E-state index in [4.69, 9.17) is 23.2 Å². The van der Waals surface area contributed by atoms with Gasteiger partial charge in [-0.15, -0.1) is 0 Å². The summed E-state index contributed by atoms with van der Waals surface area (Å²) in [6, 6.07) is 12.4. The van der Waals surface area contributed by atoms with E-state index in [0.717, 1.165) is 31.2 Å². The van der Waals surface area contributed by atoms with Gasteiger partial charge in [0, 0.05) is 23.6 Å². The van der Waals surface area contributed by atoms with Crippen molar-refractivity contribution >= 4 is 46.5 Å². The third kappa shape index (κ3) is 6.58. The van der Waals surface area contributed by atoms with Crippen molar-refractivity contribution in [1.82, 2.24) is 5.32 Å². The summed E-state index contributed by atoms with van der Waals surface area (Å²) in [4.78, 5) is 37.1. The Morgan fingerprint density at radius 3 is 2.18 bits per heavy atom. The van der Waals surface area contributed by atoms with Crippen LogP contribution in [0.25, 0.3) is 0 Å². The average molecular weight is 489 g/mol. The summed E-state index contributed by atoms with van der Waals surface area (Å²) >= 11 is 12.2. The highest BCUT2D eigenvalue weighted by Crippen LogP contribution is 2.42. The predicted octanol–water partition coefficient (Wildman–Crippen LogP) is 6.22. The van der Waals surface area contributed by atoms with Crippen LogP contribution in [0, 0.1) is 5.41 Å². The fourth-order valence-electron chi connectivity index (χ4n) is 4.47. The molecule has 3 rings (SSSR count). The normalized spacial score (nSPS) is 15.6. The smallest absolute Gasteiger partial charge is 0.258 e. The standard InChI is InChI=1S/C26H30Cl2N2O3/c1-17(29-25(33)26(13-3-4-14-26)15-12-18(2)31)16-19-8-10-20(11-9-19)30-24(32)23-21(27)6-5-7-22(23)28/h5-11,17H,3-4,12-16H2,1-2H3,(H,29,33)(H,30,32). The molecule has 0 saturated heterocycles. The van der Waals surface area contributed by atoms with Gasteiger partial charge in [0.15, 0.2) is 0 Å². The lowest BCUT2D eigenvalue weighted by Crippen LogP contribution is -2.44. The highest BCUT2D eigenvalue weighted by Gasteiger charge is 2.41. The number of carbonyl (C=O) groups is 3. The maximum absolute atomic E-state index is 13.1. The lowest BCUT2D eigenvalue weighted by molar-refractivity contribution is -0.132. The van der Waals surface area contributed by atoms with Crippen LogP contribution in [-0.4, -0.2) is 23.6 Å². The first-order chi connectivity index (χ1) is 15.7. The number of hydrogen-bond donors (Lipinski definition) is 2. The second-order valence-electron chi connectivity index (χ2n) is 9.02. The zero-order valence-electron chi connectivity index (χ0n) is 19.0. The molecule has 1 atom stereocenters. The summed E-state index contributed by atoms with van der Waals surface area (Å²) in [5, 5.41) is 6.57. The Kier molecular flexibility index (Phi) is 8.55. The van der Waals surface area contributed by atoms with Crippen LogP contribution in [0.5, 0.6) is 0 Å².